The largest absolute Gasteiger partial charge is 0.367 e. The average Bonchev–Trinajstić information content (AvgIpc) is 2.82. The van der Waals surface area contributed by atoms with Gasteiger partial charge in [-0.15, -0.1) is 0 Å². The molecule has 0 fully saturated rings. The summed E-state index contributed by atoms with van der Waals surface area (Å²) in [5, 5.41) is 4.14. The minimum absolute atomic E-state index is 0.350. The Morgan fingerprint density at radius 3 is 2.45 bits per heavy atom. The normalized spacial score (nSPS) is 10.7. The van der Waals surface area contributed by atoms with Crippen molar-refractivity contribution in [3.8, 4) is 22.4 Å². The molecule has 2 N–H and O–H groups in total. The van der Waals surface area contributed by atoms with Gasteiger partial charge in [0, 0.05) is 9.13 Å². The molecule has 0 aliphatic heterocycles. The molecule has 4 heteroatoms. The van der Waals surface area contributed by atoms with Crippen LogP contribution < -0.4 is 5.73 Å². The second-order valence-corrected chi connectivity index (χ2v) is 5.78. The highest BCUT2D eigenvalue weighted by Gasteiger charge is 2.18. The van der Waals surface area contributed by atoms with Crippen LogP contribution in [0.5, 0.6) is 0 Å². The minimum atomic E-state index is 0.350. The Morgan fingerprint density at radius 1 is 1.05 bits per heavy atom. The van der Waals surface area contributed by atoms with Crippen LogP contribution in [0.3, 0.4) is 0 Å². The van der Waals surface area contributed by atoms with Gasteiger partial charge in [0.2, 0.25) is 5.88 Å². The van der Waals surface area contributed by atoms with Gasteiger partial charge < -0.3 is 10.3 Å². The Hall–Kier alpha value is -1.82. The number of aryl methyl sites for hydroxylation is 1. The van der Waals surface area contributed by atoms with E-state index in [1.54, 1.807) is 0 Å². The van der Waals surface area contributed by atoms with Gasteiger partial charge in [-0.3, -0.25) is 0 Å². The van der Waals surface area contributed by atoms with E-state index in [1.807, 2.05) is 36.4 Å². The summed E-state index contributed by atoms with van der Waals surface area (Å²) < 4.78 is 6.33. The van der Waals surface area contributed by atoms with E-state index in [4.69, 9.17) is 10.3 Å². The van der Waals surface area contributed by atoms with Gasteiger partial charge in [0.15, 0.2) is 0 Å². The predicted octanol–water partition coefficient (Wildman–Crippen LogP) is 4.50. The molecule has 0 atom stereocenters. The van der Waals surface area contributed by atoms with Gasteiger partial charge in [-0.25, -0.2) is 0 Å². The number of nitrogen functional groups attached to an aromatic ring is 1. The number of hydrogen-bond acceptors (Lipinski definition) is 3. The summed E-state index contributed by atoms with van der Waals surface area (Å²) in [6.07, 6.45) is 0. The lowest BCUT2D eigenvalue weighted by Crippen LogP contribution is -1.89. The second-order valence-electron chi connectivity index (χ2n) is 4.62. The van der Waals surface area contributed by atoms with E-state index in [0.29, 0.717) is 5.88 Å². The topological polar surface area (TPSA) is 52.0 Å². The first-order valence-electron chi connectivity index (χ1n) is 6.24. The second kappa shape index (κ2) is 5.28. The fourth-order valence-corrected chi connectivity index (χ4v) is 2.78. The van der Waals surface area contributed by atoms with Gasteiger partial charge in [0.25, 0.3) is 0 Å². The van der Waals surface area contributed by atoms with E-state index in [0.717, 1.165) is 26.0 Å². The molecular formula is C16H13IN2O. The van der Waals surface area contributed by atoms with Crippen LogP contribution in [-0.2, 0) is 0 Å². The molecule has 0 unspecified atom stereocenters. The average molecular weight is 376 g/mol. The number of nitrogens with two attached hydrogens (primary N) is 1. The van der Waals surface area contributed by atoms with Crippen LogP contribution in [0.25, 0.3) is 22.4 Å². The highest BCUT2D eigenvalue weighted by Crippen LogP contribution is 2.37. The van der Waals surface area contributed by atoms with Crippen LogP contribution in [0.2, 0.25) is 0 Å². The van der Waals surface area contributed by atoms with Crippen LogP contribution in [0.1, 0.15) is 5.56 Å². The number of rotatable bonds is 2. The number of nitrogens with zero attached hydrogens (tertiary/aromatic N) is 1. The maximum Gasteiger partial charge on any atom is 0.230 e. The predicted molar refractivity (Wildman–Crippen MR) is 89.2 cm³/mol. The molecule has 0 bridgehead atoms. The van der Waals surface area contributed by atoms with Gasteiger partial charge in [-0.2, -0.15) is 0 Å². The minimum Gasteiger partial charge on any atom is -0.367 e. The van der Waals surface area contributed by atoms with Gasteiger partial charge >= 0.3 is 0 Å². The van der Waals surface area contributed by atoms with Crippen LogP contribution in [0.15, 0.2) is 53.1 Å². The van der Waals surface area contributed by atoms with Gasteiger partial charge in [-0.05, 0) is 41.1 Å². The summed E-state index contributed by atoms with van der Waals surface area (Å²) in [6, 6.07) is 16.2. The molecule has 0 saturated heterocycles. The Morgan fingerprint density at radius 2 is 1.75 bits per heavy atom. The van der Waals surface area contributed by atoms with Crippen molar-refractivity contribution >= 4 is 28.5 Å². The molecule has 3 aromatic rings. The van der Waals surface area contributed by atoms with Crippen molar-refractivity contribution in [1.29, 1.82) is 0 Å². The molecule has 0 radical (unpaired) electrons. The summed E-state index contributed by atoms with van der Waals surface area (Å²) >= 11 is 2.29. The Balaban J connectivity index is 2.20. The van der Waals surface area contributed by atoms with Crippen molar-refractivity contribution in [3.05, 3.63) is 57.7 Å². The summed E-state index contributed by atoms with van der Waals surface area (Å²) in [5.74, 6) is 0.350. The molecular weight excluding hydrogens is 363 g/mol. The standard InChI is InChI=1S/C16H13IN2O/c1-10-6-8-11(9-7-10)14-15(19-20-16(14)18)12-4-2-3-5-13(12)17/h2-9H,18H2,1H3. The van der Waals surface area contributed by atoms with E-state index in [-0.39, 0.29) is 0 Å². The third-order valence-electron chi connectivity index (χ3n) is 3.19. The number of halogens is 1. The first kappa shape index (κ1) is 13.2. The third-order valence-corrected chi connectivity index (χ3v) is 4.13. The van der Waals surface area contributed by atoms with E-state index in [1.165, 1.54) is 5.56 Å². The smallest absolute Gasteiger partial charge is 0.230 e. The summed E-state index contributed by atoms with van der Waals surface area (Å²) in [7, 11) is 0. The van der Waals surface area contributed by atoms with Crippen molar-refractivity contribution in [3.63, 3.8) is 0 Å². The fourth-order valence-electron chi connectivity index (χ4n) is 2.14. The highest BCUT2D eigenvalue weighted by molar-refractivity contribution is 14.1. The number of hydrogen-bond donors (Lipinski definition) is 1. The summed E-state index contributed by atoms with van der Waals surface area (Å²) in [5.41, 5.74) is 10.9. The molecule has 0 aliphatic rings. The van der Waals surface area contributed by atoms with Crippen molar-refractivity contribution in [2.45, 2.75) is 6.92 Å². The molecule has 0 saturated carbocycles. The Kier molecular flexibility index (Phi) is 3.48. The number of aromatic nitrogens is 1. The van der Waals surface area contributed by atoms with E-state index < -0.39 is 0 Å². The molecule has 2 aromatic carbocycles. The number of benzene rings is 2. The van der Waals surface area contributed by atoms with E-state index >= 15 is 0 Å². The van der Waals surface area contributed by atoms with Crippen LogP contribution in [-0.4, -0.2) is 5.16 Å². The van der Waals surface area contributed by atoms with Gasteiger partial charge in [-0.1, -0.05) is 53.2 Å². The van der Waals surface area contributed by atoms with E-state index in [2.05, 4.69) is 46.8 Å². The quantitative estimate of drug-likeness (QED) is 0.670. The Bertz CT molecular complexity index is 747. The van der Waals surface area contributed by atoms with Crippen LogP contribution >= 0.6 is 22.6 Å². The molecule has 0 aliphatic carbocycles. The fraction of sp³-hybridized carbons (Fsp3) is 0.0625. The molecule has 20 heavy (non-hydrogen) atoms. The molecule has 0 amide bonds. The highest BCUT2D eigenvalue weighted by atomic mass is 127. The van der Waals surface area contributed by atoms with Crippen molar-refractivity contribution in [1.82, 2.24) is 5.16 Å². The SMILES string of the molecule is Cc1ccc(-c2c(-c3ccccc3I)noc2N)cc1. The zero-order valence-corrected chi connectivity index (χ0v) is 13.1. The van der Waals surface area contributed by atoms with Crippen molar-refractivity contribution in [2.75, 3.05) is 5.73 Å². The molecule has 1 aromatic heterocycles. The molecule has 0 spiro atoms. The number of anilines is 1. The van der Waals surface area contributed by atoms with Crippen LogP contribution in [0, 0.1) is 10.5 Å². The molecule has 3 rings (SSSR count). The molecule has 1 heterocycles. The maximum atomic E-state index is 5.97. The zero-order valence-electron chi connectivity index (χ0n) is 10.9. The third kappa shape index (κ3) is 2.31. The first-order valence-corrected chi connectivity index (χ1v) is 7.32. The lowest BCUT2D eigenvalue weighted by Gasteiger charge is -2.05. The zero-order chi connectivity index (χ0) is 14.1. The summed E-state index contributed by atoms with van der Waals surface area (Å²) in [4.78, 5) is 0. The summed E-state index contributed by atoms with van der Waals surface area (Å²) in [6.45, 7) is 2.06. The van der Waals surface area contributed by atoms with Gasteiger partial charge in [0.05, 0.1) is 5.56 Å². The maximum absolute atomic E-state index is 5.97. The molecule has 100 valence electrons. The van der Waals surface area contributed by atoms with Crippen molar-refractivity contribution < 1.29 is 4.52 Å². The molecule has 3 nitrogen and oxygen atoms in total. The van der Waals surface area contributed by atoms with Gasteiger partial charge in [0.1, 0.15) is 5.69 Å². The van der Waals surface area contributed by atoms with Crippen molar-refractivity contribution in [2.24, 2.45) is 0 Å². The van der Waals surface area contributed by atoms with Crippen LogP contribution in [0.4, 0.5) is 5.88 Å². The monoisotopic (exact) mass is 376 g/mol. The first-order chi connectivity index (χ1) is 9.66. The Labute approximate surface area is 130 Å². The van der Waals surface area contributed by atoms with E-state index in [9.17, 15) is 0 Å². The lowest BCUT2D eigenvalue weighted by atomic mass is 10.0. The lowest BCUT2D eigenvalue weighted by molar-refractivity contribution is 0.439.